The standard InChI is InChI=1S/C13H25NO2/c1-12(2,15)10-14-9-11-5-8-13(16-11)6-3-4-7-13/h11,14-15H,3-10H2,1-2H3. The zero-order valence-corrected chi connectivity index (χ0v) is 10.6. The van der Waals surface area contributed by atoms with E-state index in [9.17, 15) is 5.11 Å². The van der Waals surface area contributed by atoms with Gasteiger partial charge in [0.15, 0.2) is 0 Å². The van der Waals surface area contributed by atoms with E-state index in [0.29, 0.717) is 12.6 Å². The largest absolute Gasteiger partial charge is 0.389 e. The van der Waals surface area contributed by atoms with E-state index in [4.69, 9.17) is 4.74 Å². The van der Waals surface area contributed by atoms with Crippen molar-refractivity contribution < 1.29 is 9.84 Å². The van der Waals surface area contributed by atoms with E-state index in [-0.39, 0.29) is 5.60 Å². The molecule has 1 atom stereocenters. The van der Waals surface area contributed by atoms with Gasteiger partial charge in [0.05, 0.1) is 17.3 Å². The lowest BCUT2D eigenvalue weighted by Gasteiger charge is -2.24. The highest BCUT2D eigenvalue weighted by atomic mass is 16.5. The van der Waals surface area contributed by atoms with Crippen LogP contribution in [-0.4, -0.2) is 35.5 Å². The third-order valence-electron chi connectivity index (χ3n) is 3.78. The summed E-state index contributed by atoms with van der Waals surface area (Å²) in [6.07, 6.45) is 7.97. The second-order valence-corrected chi connectivity index (χ2v) is 6.11. The summed E-state index contributed by atoms with van der Waals surface area (Å²) < 4.78 is 6.18. The molecule has 94 valence electrons. The van der Waals surface area contributed by atoms with E-state index < -0.39 is 5.60 Å². The Labute approximate surface area is 98.6 Å². The Kier molecular flexibility index (Phi) is 3.57. The molecule has 2 rings (SSSR count). The highest BCUT2D eigenvalue weighted by molar-refractivity contribution is 4.93. The summed E-state index contributed by atoms with van der Waals surface area (Å²) >= 11 is 0. The first kappa shape index (κ1) is 12.3. The minimum absolute atomic E-state index is 0.237. The summed E-state index contributed by atoms with van der Waals surface area (Å²) in [4.78, 5) is 0. The monoisotopic (exact) mass is 227 g/mol. The lowest BCUT2D eigenvalue weighted by molar-refractivity contribution is -0.0366. The molecular formula is C13H25NO2. The van der Waals surface area contributed by atoms with Gasteiger partial charge in [0.25, 0.3) is 0 Å². The second-order valence-electron chi connectivity index (χ2n) is 6.11. The zero-order chi connectivity index (χ0) is 11.6. The SMILES string of the molecule is CC(C)(O)CNCC1CCC2(CCCC2)O1. The molecule has 3 nitrogen and oxygen atoms in total. The van der Waals surface area contributed by atoms with Gasteiger partial charge in [-0.15, -0.1) is 0 Å². The Hall–Kier alpha value is -0.120. The van der Waals surface area contributed by atoms with Crippen LogP contribution in [0.5, 0.6) is 0 Å². The first-order valence-electron chi connectivity index (χ1n) is 6.60. The van der Waals surface area contributed by atoms with Crippen LogP contribution in [0, 0.1) is 0 Å². The van der Waals surface area contributed by atoms with Crippen molar-refractivity contribution in [2.24, 2.45) is 0 Å². The minimum Gasteiger partial charge on any atom is -0.389 e. The van der Waals surface area contributed by atoms with Crippen molar-refractivity contribution in [1.29, 1.82) is 0 Å². The highest BCUT2D eigenvalue weighted by Gasteiger charge is 2.41. The van der Waals surface area contributed by atoms with Gasteiger partial charge in [0.1, 0.15) is 0 Å². The predicted molar refractivity (Wildman–Crippen MR) is 64.5 cm³/mol. The Morgan fingerprint density at radius 2 is 2.00 bits per heavy atom. The molecule has 0 bridgehead atoms. The lowest BCUT2D eigenvalue weighted by atomic mass is 9.98. The molecule has 2 N–H and O–H groups in total. The van der Waals surface area contributed by atoms with Gasteiger partial charge < -0.3 is 15.2 Å². The number of hydrogen-bond acceptors (Lipinski definition) is 3. The van der Waals surface area contributed by atoms with Gasteiger partial charge >= 0.3 is 0 Å². The second kappa shape index (κ2) is 4.63. The molecule has 1 saturated carbocycles. The fraction of sp³-hybridized carbons (Fsp3) is 1.00. The van der Waals surface area contributed by atoms with Gasteiger partial charge in [-0.3, -0.25) is 0 Å². The average molecular weight is 227 g/mol. The summed E-state index contributed by atoms with van der Waals surface area (Å²) in [5.41, 5.74) is -0.384. The van der Waals surface area contributed by atoms with Crippen LogP contribution in [0.3, 0.4) is 0 Å². The number of rotatable bonds is 4. The highest BCUT2D eigenvalue weighted by Crippen LogP contribution is 2.43. The molecule has 2 fully saturated rings. The summed E-state index contributed by atoms with van der Waals surface area (Å²) in [6.45, 7) is 5.17. The van der Waals surface area contributed by atoms with Crippen molar-refractivity contribution in [3.05, 3.63) is 0 Å². The van der Waals surface area contributed by atoms with E-state index in [1.807, 2.05) is 13.8 Å². The van der Waals surface area contributed by atoms with Crippen LogP contribution >= 0.6 is 0 Å². The average Bonchev–Trinajstić information content (AvgIpc) is 2.76. The van der Waals surface area contributed by atoms with E-state index in [2.05, 4.69) is 5.32 Å². The number of nitrogens with one attached hydrogen (secondary N) is 1. The molecule has 0 aromatic carbocycles. The van der Waals surface area contributed by atoms with Crippen molar-refractivity contribution in [2.75, 3.05) is 13.1 Å². The third kappa shape index (κ3) is 3.19. The van der Waals surface area contributed by atoms with Crippen LogP contribution in [-0.2, 0) is 4.74 Å². The summed E-state index contributed by atoms with van der Waals surface area (Å²) in [5, 5.41) is 12.9. The molecule has 1 spiro atoms. The van der Waals surface area contributed by atoms with E-state index in [1.54, 1.807) is 0 Å². The van der Waals surface area contributed by atoms with Crippen LogP contribution in [0.4, 0.5) is 0 Å². The van der Waals surface area contributed by atoms with Crippen molar-refractivity contribution in [3.8, 4) is 0 Å². The molecule has 16 heavy (non-hydrogen) atoms. The third-order valence-corrected chi connectivity index (χ3v) is 3.78. The van der Waals surface area contributed by atoms with Crippen LogP contribution in [0.1, 0.15) is 52.4 Å². The van der Waals surface area contributed by atoms with Gasteiger partial charge in [0.2, 0.25) is 0 Å². The van der Waals surface area contributed by atoms with Gasteiger partial charge in [-0.25, -0.2) is 0 Å². The Bertz CT molecular complexity index is 229. The number of hydrogen-bond donors (Lipinski definition) is 2. The smallest absolute Gasteiger partial charge is 0.0715 e. The summed E-state index contributed by atoms with van der Waals surface area (Å²) in [6, 6.07) is 0. The maximum absolute atomic E-state index is 9.59. The molecule has 2 aliphatic rings. The summed E-state index contributed by atoms with van der Waals surface area (Å²) in [7, 11) is 0. The molecule has 0 radical (unpaired) electrons. The maximum Gasteiger partial charge on any atom is 0.0715 e. The number of ether oxygens (including phenoxy) is 1. The van der Waals surface area contributed by atoms with Crippen LogP contribution in [0.15, 0.2) is 0 Å². The molecular weight excluding hydrogens is 202 g/mol. The summed E-state index contributed by atoms with van der Waals surface area (Å²) in [5.74, 6) is 0. The van der Waals surface area contributed by atoms with Crippen LogP contribution < -0.4 is 5.32 Å². The van der Waals surface area contributed by atoms with Crippen molar-refractivity contribution in [1.82, 2.24) is 5.32 Å². The van der Waals surface area contributed by atoms with Crippen molar-refractivity contribution in [2.45, 2.75) is 69.7 Å². The van der Waals surface area contributed by atoms with Gasteiger partial charge in [-0.2, -0.15) is 0 Å². The maximum atomic E-state index is 9.59. The Balaban J connectivity index is 1.69. The van der Waals surface area contributed by atoms with Gasteiger partial charge in [-0.1, -0.05) is 12.8 Å². The van der Waals surface area contributed by atoms with Crippen LogP contribution in [0.25, 0.3) is 0 Å². The minimum atomic E-state index is -0.621. The fourth-order valence-electron chi connectivity index (χ4n) is 2.97. The lowest BCUT2D eigenvalue weighted by Crippen LogP contribution is -2.39. The van der Waals surface area contributed by atoms with Crippen molar-refractivity contribution >= 4 is 0 Å². The van der Waals surface area contributed by atoms with E-state index in [1.165, 1.54) is 38.5 Å². The molecule has 1 saturated heterocycles. The molecule has 1 heterocycles. The van der Waals surface area contributed by atoms with Crippen LogP contribution in [0.2, 0.25) is 0 Å². The molecule has 0 aromatic heterocycles. The normalized spacial score (nSPS) is 29.1. The fourth-order valence-corrected chi connectivity index (χ4v) is 2.97. The number of aliphatic hydroxyl groups is 1. The molecule has 1 unspecified atom stereocenters. The first-order valence-corrected chi connectivity index (χ1v) is 6.60. The first-order chi connectivity index (χ1) is 7.49. The Morgan fingerprint density at radius 3 is 2.62 bits per heavy atom. The molecule has 3 heteroatoms. The molecule has 1 aliphatic heterocycles. The van der Waals surface area contributed by atoms with E-state index >= 15 is 0 Å². The zero-order valence-electron chi connectivity index (χ0n) is 10.6. The Morgan fingerprint density at radius 1 is 1.31 bits per heavy atom. The topological polar surface area (TPSA) is 41.5 Å². The molecule has 0 amide bonds. The molecule has 0 aromatic rings. The predicted octanol–water partition coefficient (Wildman–Crippen LogP) is 1.84. The molecule has 1 aliphatic carbocycles. The van der Waals surface area contributed by atoms with E-state index in [0.717, 1.165) is 6.54 Å². The van der Waals surface area contributed by atoms with Crippen molar-refractivity contribution in [3.63, 3.8) is 0 Å². The quantitative estimate of drug-likeness (QED) is 0.770. The van der Waals surface area contributed by atoms with Gasteiger partial charge in [0, 0.05) is 13.1 Å². The van der Waals surface area contributed by atoms with Gasteiger partial charge in [-0.05, 0) is 39.5 Å².